The van der Waals surface area contributed by atoms with Gasteiger partial charge in [0.05, 0.1) is 16.7 Å². The number of hydrogen-bond acceptors (Lipinski definition) is 2. The van der Waals surface area contributed by atoms with Crippen molar-refractivity contribution in [2.45, 2.75) is 6.92 Å². The molecule has 4 nitrogen and oxygen atoms in total. The summed E-state index contributed by atoms with van der Waals surface area (Å²) >= 11 is 0. The number of benzene rings is 1. The molecule has 1 aromatic carbocycles. The summed E-state index contributed by atoms with van der Waals surface area (Å²) in [6.07, 6.45) is 3.05. The third-order valence-corrected chi connectivity index (χ3v) is 2.25. The summed E-state index contributed by atoms with van der Waals surface area (Å²) in [5, 5.41) is 10.7. The molecular formula is C11H10N2O2. The molecule has 0 atom stereocenters. The van der Waals surface area contributed by atoms with Crippen molar-refractivity contribution in [3.05, 3.63) is 52.3 Å². The fraction of sp³-hybridized carbons (Fsp3) is 0.0909. The van der Waals surface area contributed by atoms with Gasteiger partial charge in [0, 0.05) is 6.20 Å². The monoisotopic (exact) mass is 202 g/mol. The fourth-order valence-corrected chi connectivity index (χ4v) is 1.55. The summed E-state index contributed by atoms with van der Waals surface area (Å²) in [7, 11) is 0. The second-order valence-corrected chi connectivity index (χ2v) is 3.38. The van der Waals surface area contributed by atoms with Crippen LogP contribution in [0.3, 0.4) is 0 Å². The van der Waals surface area contributed by atoms with Crippen LogP contribution in [0, 0.1) is 17.0 Å². The highest BCUT2D eigenvalue weighted by molar-refractivity contribution is 5.73. The van der Waals surface area contributed by atoms with Crippen molar-refractivity contribution in [3.8, 4) is 11.1 Å². The van der Waals surface area contributed by atoms with E-state index in [1.165, 1.54) is 6.20 Å². The minimum atomic E-state index is -0.381. The third-order valence-electron chi connectivity index (χ3n) is 2.25. The normalized spacial score (nSPS) is 10.2. The Hall–Kier alpha value is -2.10. The molecule has 0 unspecified atom stereocenters. The molecule has 0 bridgehead atoms. The molecule has 0 saturated carbocycles. The Kier molecular flexibility index (Phi) is 2.25. The molecule has 2 rings (SSSR count). The topological polar surface area (TPSA) is 58.9 Å². The summed E-state index contributed by atoms with van der Waals surface area (Å²) in [6, 6.07) is 7.64. The first-order chi connectivity index (χ1) is 7.18. The van der Waals surface area contributed by atoms with Crippen LogP contribution in [-0.2, 0) is 0 Å². The zero-order valence-corrected chi connectivity index (χ0v) is 8.23. The van der Waals surface area contributed by atoms with E-state index in [2.05, 4.69) is 4.98 Å². The lowest BCUT2D eigenvalue weighted by Crippen LogP contribution is -1.88. The van der Waals surface area contributed by atoms with E-state index in [1.54, 1.807) is 6.20 Å². The Bertz CT molecular complexity index is 503. The molecule has 0 spiro atoms. The SMILES string of the molecule is Cc1cccc(-c2c[nH]cc2[N+](=O)[O-])c1. The molecule has 2 aromatic rings. The third kappa shape index (κ3) is 1.74. The van der Waals surface area contributed by atoms with Crippen LogP contribution in [0.1, 0.15) is 5.56 Å². The number of nitrogens with zero attached hydrogens (tertiary/aromatic N) is 1. The molecule has 4 heteroatoms. The minimum absolute atomic E-state index is 0.112. The molecule has 0 fully saturated rings. The van der Waals surface area contributed by atoms with Crippen LogP contribution in [0.25, 0.3) is 11.1 Å². The lowest BCUT2D eigenvalue weighted by molar-refractivity contribution is -0.384. The maximum absolute atomic E-state index is 10.7. The molecule has 1 heterocycles. The first-order valence-corrected chi connectivity index (χ1v) is 4.56. The van der Waals surface area contributed by atoms with E-state index < -0.39 is 0 Å². The Morgan fingerprint density at radius 1 is 1.33 bits per heavy atom. The number of hydrogen-bond donors (Lipinski definition) is 1. The van der Waals surface area contributed by atoms with Gasteiger partial charge in [-0.1, -0.05) is 29.8 Å². The highest BCUT2D eigenvalue weighted by atomic mass is 16.6. The van der Waals surface area contributed by atoms with Crippen molar-refractivity contribution in [1.82, 2.24) is 4.98 Å². The number of nitro groups is 1. The molecule has 76 valence electrons. The van der Waals surface area contributed by atoms with Crippen molar-refractivity contribution in [2.24, 2.45) is 0 Å². The molecule has 0 amide bonds. The van der Waals surface area contributed by atoms with Gasteiger partial charge in [-0.2, -0.15) is 0 Å². The Morgan fingerprint density at radius 3 is 2.80 bits per heavy atom. The number of aromatic amines is 1. The Balaban J connectivity index is 2.54. The van der Waals surface area contributed by atoms with E-state index in [-0.39, 0.29) is 10.6 Å². The smallest absolute Gasteiger partial charge is 0.294 e. The number of H-pyrrole nitrogens is 1. The zero-order valence-electron chi connectivity index (χ0n) is 8.23. The highest BCUT2D eigenvalue weighted by Gasteiger charge is 2.15. The average molecular weight is 202 g/mol. The van der Waals surface area contributed by atoms with Crippen molar-refractivity contribution in [3.63, 3.8) is 0 Å². The van der Waals surface area contributed by atoms with Gasteiger partial charge in [0.2, 0.25) is 0 Å². The van der Waals surface area contributed by atoms with Crippen molar-refractivity contribution < 1.29 is 4.92 Å². The molecule has 0 saturated heterocycles. The number of aryl methyl sites for hydroxylation is 1. The minimum Gasteiger partial charge on any atom is -0.361 e. The predicted octanol–water partition coefficient (Wildman–Crippen LogP) is 2.90. The molecule has 15 heavy (non-hydrogen) atoms. The number of nitrogens with one attached hydrogen (secondary N) is 1. The van der Waals surface area contributed by atoms with E-state index in [4.69, 9.17) is 0 Å². The lowest BCUT2D eigenvalue weighted by atomic mass is 10.1. The van der Waals surface area contributed by atoms with E-state index in [9.17, 15) is 10.1 Å². The van der Waals surface area contributed by atoms with E-state index >= 15 is 0 Å². The second-order valence-electron chi connectivity index (χ2n) is 3.38. The van der Waals surface area contributed by atoms with Gasteiger partial charge in [0.25, 0.3) is 5.69 Å². The molecule has 0 aliphatic rings. The summed E-state index contributed by atoms with van der Waals surface area (Å²) in [6.45, 7) is 1.96. The van der Waals surface area contributed by atoms with Gasteiger partial charge in [-0.05, 0) is 12.5 Å². The van der Waals surface area contributed by atoms with E-state index in [0.29, 0.717) is 5.56 Å². The van der Waals surface area contributed by atoms with Gasteiger partial charge >= 0.3 is 0 Å². The van der Waals surface area contributed by atoms with E-state index in [0.717, 1.165) is 11.1 Å². The van der Waals surface area contributed by atoms with Crippen LogP contribution < -0.4 is 0 Å². The van der Waals surface area contributed by atoms with Crippen LogP contribution >= 0.6 is 0 Å². The van der Waals surface area contributed by atoms with Crippen LogP contribution in [-0.4, -0.2) is 9.91 Å². The largest absolute Gasteiger partial charge is 0.361 e. The molecule has 1 N–H and O–H groups in total. The summed E-state index contributed by atoms with van der Waals surface area (Å²) in [5.74, 6) is 0. The molecule has 1 aromatic heterocycles. The quantitative estimate of drug-likeness (QED) is 0.601. The van der Waals surface area contributed by atoms with Crippen molar-refractivity contribution >= 4 is 5.69 Å². The van der Waals surface area contributed by atoms with Gasteiger partial charge < -0.3 is 4.98 Å². The lowest BCUT2D eigenvalue weighted by Gasteiger charge is -1.99. The molecule has 0 aliphatic heterocycles. The summed E-state index contributed by atoms with van der Waals surface area (Å²) in [4.78, 5) is 13.1. The number of aromatic nitrogens is 1. The first-order valence-electron chi connectivity index (χ1n) is 4.56. The van der Waals surface area contributed by atoms with Gasteiger partial charge in [-0.3, -0.25) is 10.1 Å². The zero-order chi connectivity index (χ0) is 10.8. The molecule has 0 radical (unpaired) electrons. The standard InChI is InChI=1S/C11H10N2O2/c1-8-3-2-4-9(5-8)10-6-12-7-11(10)13(14)15/h2-7,12H,1H3. The first kappa shape index (κ1) is 9.45. The van der Waals surface area contributed by atoms with Gasteiger partial charge in [-0.25, -0.2) is 0 Å². The van der Waals surface area contributed by atoms with Crippen LogP contribution in [0.15, 0.2) is 36.7 Å². The van der Waals surface area contributed by atoms with Crippen LogP contribution in [0.4, 0.5) is 5.69 Å². The predicted molar refractivity (Wildman–Crippen MR) is 57.6 cm³/mol. The van der Waals surface area contributed by atoms with Crippen molar-refractivity contribution in [2.75, 3.05) is 0 Å². The average Bonchev–Trinajstić information content (AvgIpc) is 2.65. The summed E-state index contributed by atoms with van der Waals surface area (Å²) in [5.41, 5.74) is 2.69. The highest BCUT2D eigenvalue weighted by Crippen LogP contribution is 2.29. The van der Waals surface area contributed by atoms with Gasteiger partial charge in [-0.15, -0.1) is 0 Å². The van der Waals surface area contributed by atoms with Gasteiger partial charge in [0.1, 0.15) is 0 Å². The maximum atomic E-state index is 10.7. The summed E-state index contributed by atoms with van der Waals surface area (Å²) < 4.78 is 0. The Labute approximate surface area is 86.7 Å². The second kappa shape index (κ2) is 3.57. The number of rotatable bonds is 2. The maximum Gasteiger partial charge on any atom is 0.294 e. The fourth-order valence-electron chi connectivity index (χ4n) is 1.55. The molecular weight excluding hydrogens is 192 g/mol. The van der Waals surface area contributed by atoms with Crippen LogP contribution in [0.2, 0.25) is 0 Å². The van der Waals surface area contributed by atoms with E-state index in [1.807, 2.05) is 31.2 Å². The molecule has 0 aliphatic carbocycles. The van der Waals surface area contributed by atoms with Crippen molar-refractivity contribution in [1.29, 1.82) is 0 Å². The van der Waals surface area contributed by atoms with Crippen LogP contribution in [0.5, 0.6) is 0 Å². The Morgan fingerprint density at radius 2 is 2.13 bits per heavy atom. The van der Waals surface area contributed by atoms with Gasteiger partial charge in [0.15, 0.2) is 0 Å².